The van der Waals surface area contributed by atoms with E-state index in [2.05, 4.69) is 4.98 Å². The molecule has 7 nitrogen and oxygen atoms in total. The van der Waals surface area contributed by atoms with Crippen molar-refractivity contribution in [1.29, 1.82) is 0 Å². The summed E-state index contributed by atoms with van der Waals surface area (Å²) in [7, 11) is 0. The van der Waals surface area contributed by atoms with E-state index in [-0.39, 0.29) is 42.7 Å². The fraction of sp³-hybridized carbons (Fsp3) is 0.189. The minimum Gasteiger partial charge on any atom is -0.473 e. The number of ether oxygens (including phenoxy) is 3. The van der Waals surface area contributed by atoms with Gasteiger partial charge in [-0.3, -0.25) is 0 Å². The van der Waals surface area contributed by atoms with E-state index in [1.54, 1.807) is 17.0 Å². The Morgan fingerprint density at radius 1 is 0.652 bits per heavy atom. The van der Waals surface area contributed by atoms with E-state index in [0.29, 0.717) is 31.9 Å². The number of benzene rings is 4. The molecule has 5 aromatic rings. The number of hydrogen-bond acceptors (Lipinski definition) is 6. The summed E-state index contributed by atoms with van der Waals surface area (Å²) in [5.74, 6) is -1.16. The third-order valence-electron chi connectivity index (χ3n) is 7.69. The van der Waals surface area contributed by atoms with Crippen LogP contribution in [0.1, 0.15) is 16.7 Å². The maximum Gasteiger partial charge on any atom is 0.410 e. The average molecular weight is 622 g/mol. The van der Waals surface area contributed by atoms with Gasteiger partial charge in [0, 0.05) is 37.9 Å². The maximum atomic E-state index is 15.8. The van der Waals surface area contributed by atoms with Crippen LogP contribution >= 0.6 is 0 Å². The topological polar surface area (TPSA) is 64.1 Å². The number of anilines is 1. The summed E-state index contributed by atoms with van der Waals surface area (Å²) in [4.78, 5) is 20.5. The van der Waals surface area contributed by atoms with Gasteiger partial charge in [0.1, 0.15) is 31.5 Å². The standard InChI is InChI=1S/C37H33F2N3O4/c38-32-22-30(41-18-20-42(21-19-41)37(43)46-26-29-14-8-3-9-15-29)23-33(39)35(32)31-16-17-34(44-24-27-10-4-1-5-11-27)40-36(31)45-25-28-12-6-2-7-13-28/h1-17,22-23H,18-21,24-26H2. The van der Waals surface area contributed by atoms with Crippen LogP contribution in [0, 0.1) is 11.6 Å². The van der Waals surface area contributed by atoms with Gasteiger partial charge in [-0.2, -0.15) is 4.98 Å². The second-order valence-electron chi connectivity index (χ2n) is 10.8. The molecule has 1 aromatic heterocycles. The molecule has 0 N–H and O–H groups in total. The van der Waals surface area contributed by atoms with Crippen LogP contribution < -0.4 is 14.4 Å². The Morgan fingerprint density at radius 3 is 1.74 bits per heavy atom. The Hall–Kier alpha value is -5.44. The molecule has 6 rings (SSSR count). The van der Waals surface area contributed by atoms with Crippen LogP contribution in [0.4, 0.5) is 19.3 Å². The minimum atomic E-state index is -0.746. The molecule has 0 bridgehead atoms. The Kier molecular flexibility index (Phi) is 9.68. The molecule has 1 amide bonds. The number of carbonyl (C=O) groups excluding carboxylic acids is 1. The lowest BCUT2D eigenvalue weighted by molar-refractivity contribution is 0.0942. The van der Waals surface area contributed by atoms with E-state index in [4.69, 9.17) is 14.2 Å². The smallest absolute Gasteiger partial charge is 0.410 e. The SMILES string of the molecule is O=C(OCc1ccccc1)N1CCN(c2cc(F)c(-c3ccc(OCc4ccccc4)nc3OCc3ccccc3)c(F)c2)CC1. The molecule has 0 unspecified atom stereocenters. The van der Waals surface area contributed by atoms with Crippen molar-refractivity contribution in [3.05, 3.63) is 144 Å². The number of amides is 1. The van der Waals surface area contributed by atoms with Gasteiger partial charge in [0.15, 0.2) is 0 Å². The first-order valence-corrected chi connectivity index (χ1v) is 15.1. The van der Waals surface area contributed by atoms with Crippen molar-refractivity contribution in [2.45, 2.75) is 19.8 Å². The number of carbonyl (C=O) groups is 1. The monoisotopic (exact) mass is 621 g/mol. The maximum absolute atomic E-state index is 15.8. The Balaban J connectivity index is 1.17. The van der Waals surface area contributed by atoms with Gasteiger partial charge in [-0.15, -0.1) is 0 Å². The summed E-state index contributed by atoms with van der Waals surface area (Å²) in [6, 6.07) is 34.3. The zero-order valence-electron chi connectivity index (χ0n) is 25.1. The molecule has 0 saturated carbocycles. The summed E-state index contributed by atoms with van der Waals surface area (Å²) in [6.45, 7) is 2.15. The van der Waals surface area contributed by atoms with Crippen LogP contribution in [0.3, 0.4) is 0 Å². The second-order valence-corrected chi connectivity index (χ2v) is 10.8. The second kappa shape index (κ2) is 14.6. The molecular formula is C37H33F2N3O4. The summed E-state index contributed by atoms with van der Waals surface area (Å²) < 4.78 is 48.9. The van der Waals surface area contributed by atoms with E-state index < -0.39 is 17.7 Å². The van der Waals surface area contributed by atoms with Crippen LogP contribution in [-0.4, -0.2) is 42.2 Å². The molecule has 46 heavy (non-hydrogen) atoms. The van der Waals surface area contributed by atoms with Gasteiger partial charge in [-0.25, -0.2) is 13.6 Å². The zero-order valence-corrected chi connectivity index (χ0v) is 25.1. The van der Waals surface area contributed by atoms with Crippen molar-refractivity contribution in [1.82, 2.24) is 9.88 Å². The Bertz CT molecular complexity index is 1730. The summed E-state index contributed by atoms with van der Waals surface area (Å²) in [5.41, 5.74) is 3.06. The summed E-state index contributed by atoms with van der Waals surface area (Å²) in [5, 5.41) is 0. The molecule has 2 heterocycles. The van der Waals surface area contributed by atoms with Gasteiger partial charge in [0.2, 0.25) is 11.8 Å². The van der Waals surface area contributed by atoms with Crippen molar-refractivity contribution >= 4 is 11.8 Å². The highest BCUT2D eigenvalue weighted by Gasteiger charge is 2.25. The molecule has 234 valence electrons. The fourth-order valence-electron chi connectivity index (χ4n) is 5.22. The lowest BCUT2D eigenvalue weighted by Crippen LogP contribution is -2.49. The van der Waals surface area contributed by atoms with E-state index in [0.717, 1.165) is 16.7 Å². The van der Waals surface area contributed by atoms with Crippen molar-refractivity contribution in [2.24, 2.45) is 0 Å². The quantitative estimate of drug-likeness (QED) is 0.160. The molecule has 0 radical (unpaired) electrons. The number of pyridine rings is 1. The van der Waals surface area contributed by atoms with Gasteiger partial charge in [-0.05, 0) is 34.9 Å². The highest BCUT2D eigenvalue weighted by atomic mass is 19.1. The van der Waals surface area contributed by atoms with Crippen LogP contribution in [0.2, 0.25) is 0 Å². The number of nitrogens with zero attached hydrogens (tertiary/aromatic N) is 3. The van der Waals surface area contributed by atoms with Gasteiger partial charge in [0.05, 0.1) is 11.1 Å². The van der Waals surface area contributed by atoms with Crippen LogP contribution in [0.15, 0.2) is 115 Å². The van der Waals surface area contributed by atoms with Crippen molar-refractivity contribution in [2.75, 3.05) is 31.1 Å². The van der Waals surface area contributed by atoms with Crippen LogP contribution in [0.5, 0.6) is 11.8 Å². The predicted octanol–water partition coefficient (Wildman–Crippen LogP) is 7.64. The Labute approximate surface area is 266 Å². The van der Waals surface area contributed by atoms with Crippen LogP contribution in [-0.2, 0) is 24.6 Å². The number of halogens is 2. The predicted molar refractivity (Wildman–Crippen MR) is 172 cm³/mol. The highest BCUT2D eigenvalue weighted by molar-refractivity contribution is 5.73. The lowest BCUT2D eigenvalue weighted by atomic mass is 10.0. The molecule has 0 spiro atoms. The van der Waals surface area contributed by atoms with Crippen molar-refractivity contribution in [3.63, 3.8) is 0 Å². The number of piperazine rings is 1. The fourth-order valence-corrected chi connectivity index (χ4v) is 5.22. The molecule has 0 aliphatic carbocycles. The van der Waals surface area contributed by atoms with Gasteiger partial charge in [-0.1, -0.05) is 91.0 Å². The van der Waals surface area contributed by atoms with Gasteiger partial charge in [0.25, 0.3) is 0 Å². The van der Waals surface area contributed by atoms with E-state index >= 15 is 8.78 Å². The van der Waals surface area contributed by atoms with Crippen molar-refractivity contribution < 1.29 is 27.8 Å². The first kappa shape index (κ1) is 30.6. The molecule has 4 aromatic carbocycles. The van der Waals surface area contributed by atoms with Gasteiger partial charge >= 0.3 is 6.09 Å². The van der Waals surface area contributed by atoms with E-state index in [9.17, 15) is 4.79 Å². The summed E-state index contributed by atoms with van der Waals surface area (Å²) >= 11 is 0. The molecule has 9 heteroatoms. The largest absolute Gasteiger partial charge is 0.473 e. The number of rotatable bonds is 10. The third-order valence-corrected chi connectivity index (χ3v) is 7.69. The Morgan fingerprint density at radius 2 is 1.17 bits per heavy atom. The zero-order chi connectivity index (χ0) is 31.7. The molecule has 1 aliphatic rings. The third kappa shape index (κ3) is 7.61. The van der Waals surface area contributed by atoms with Gasteiger partial charge < -0.3 is 24.0 Å². The minimum absolute atomic E-state index is 0.0580. The first-order chi connectivity index (χ1) is 22.5. The average Bonchev–Trinajstić information content (AvgIpc) is 3.10. The molecule has 0 atom stereocenters. The summed E-state index contributed by atoms with van der Waals surface area (Å²) in [6.07, 6.45) is -0.414. The molecular weight excluding hydrogens is 588 g/mol. The van der Waals surface area contributed by atoms with E-state index in [1.807, 2.05) is 95.9 Å². The first-order valence-electron chi connectivity index (χ1n) is 15.1. The highest BCUT2D eigenvalue weighted by Crippen LogP contribution is 2.37. The van der Waals surface area contributed by atoms with Crippen LogP contribution in [0.25, 0.3) is 11.1 Å². The lowest BCUT2D eigenvalue weighted by Gasteiger charge is -2.35. The number of aromatic nitrogens is 1. The normalized spacial score (nSPS) is 12.9. The molecule has 1 fully saturated rings. The molecule has 1 saturated heterocycles. The van der Waals surface area contributed by atoms with Crippen molar-refractivity contribution in [3.8, 4) is 22.9 Å². The molecule has 1 aliphatic heterocycles. The number of hydrogen-bond donors (Lipinski definition) is 0. The van der Waals surface area contributed by atoms with E-state index in [1.165, 1.54) is 12.1 Å².